The Labute approximate surface area is 174 Å². The van der Waals surface area contributed by atoms with E-state index in [4.69, 9.17) is 0 Å². The van der Waals surface area contributed by atoms with Crippen molar-refractivity contribution in [2.45, 2.75) is 39.8 Å². The van der Waals surface area contributed by atoms with E-state index in [1.165, 1.54) is 6.20 Å². The Morgan fingerprint density at radius 2 is 2.17 bits per heavy atom. The quantitative estimate of drug-likeness (QED) is 0.634. The van der Waals surface area contributed by atoms with Gasteiger partial charge in [0.05, 0.1) is 0 Å². The van der Waals surface area contributed by atoms with Crippen LogP contribution in [0.2, 0.25) is 0 Å². The van der Waals surface area contributed by atoms with Crippen LogP contribution in [0.5, 0.6) is 0 Å². The van der Waals surface area contributed by atoms with Crippen molar-refractivity contribution in [3.63, 3.8) is 0 Å². The first-order chi connectivity index (χ1) is 14.5. The summed E-state index contributed by atoms with van der Waals surface area (Å²) in [4.78, 5) is 42.5. The molecule has 30 heavy (non-hydrogen) atoms. The molecule has 0 spiro atoms. The molecule has 0 atom stereocenters. The molecule has 0 unspecified atom stereocenters. The van der Waals surface area contributed by atoms with Gasteiger partial charge in [0.2, 0.25) is 5.91 Å². The van der Waals surface area contributed by atoms with Crippen LogP contribution in [0.25, 0.3) is 0 Å². The van der Waals surface area contributed by atoms with Gasteiger partial charge < -0.3 is 15.5 Å². The van der Waals surface area contributed by atoms with Gasteiger partial charge in [0, 0.05) is 45.2 Å². The Hall–Kier alpha value is -3.49. The number of aromatic nitrogens is 2. The monoisotopic (exact) mass is 409 g/mol. The third-order valence-electron chi connectivity index (χ3n) is 5.50. The lowest BCUT2D eigenvalue weighted by molar-refractivity contribution is -0.651. The van der Waals surface area contributed by atoms with Gasteiger partial charge in [-0.05, 0) is 24.1 Å². The third kappa shape index (κ3) is 3.83. The van der Waals surface area contributed by atoms with E-state index in [1.54, 1.807) is 11.6 Å². The van der Waals surface area contributed by atoms with Crippen LogP contribution in [-0.4, -0.2) is 40.7 Å². The number of nitrogens with zero attached hydrogens (tertiary/aromatic N) is 3. The van der Waals surface area contributed by atoms with Crippen molar-refractivity contribution < 1.29 is 19.1 Å². The molecule has 9 nitrogen and oxygen atoms in total. The maximum absolute atomic E-state index is 12.7. The van der Waals surface area contributed by atoms with Gasteiger partial charge in [-0.1, -0.05) is 17.1 Å². The van der Waals surface area contributed by atoms with Gasteiger partial charge in [-0.15, -0.1) is 4.68 Å². The lowest BCUT2D eigenvalue weighted by atomic mass is 10.1. The summed E-state index contributed by atoms with van der Waals surface area (Å²) in [6, 6.07) is 5.98. The molecule has 0 saturated carbocycles. The Morgan fingerprint density at radius 1 is 1.33 bits per heavy atom. The highest BCUT2D eigenvalue weighted by molar-refractivity contribution is 5.94. The fraction of sp³-hybridized carbons (Fsp3) is 0.381. The number of hydrogen-bond acceptors (Lipinski definition) is 5. The van der Waals surface area contributed by atoms with Crippen molar-refractivity contribution in [2.75, 3.05) is 23.8 Å². The van der Waals surface area contributed by atoms with Crippen molar-refractivity contribution in [2.24, 2.45) is 0 Å². The Balaban J connectivity index is 1.48. The minimum Gasteiger partial charge on any atom is -0.384 e. The number of hydrogen-bond donors (Lipinski definition) is 3. The zero-order valence-electron chi connectivity index (χ0n) is 17.1. The van der Waals surface area contributed by atoms with Gasteiger partial charge in [0.25, 0.3) is 11.8 Å². The molecule has 0 fully saturated rings. The van der Waals surface area contributed by atoms with Gasteiger partial charge in [0.15, 0.2) is 6.20 Å². The van der Waals surface area contributed by atoms with Crippen LogP contribution in [0.4, 0.5) is 5.69 Å². The predicted molar refractivity (Wildman–Crippen MR) is 109 cm³/mol. The summed E-state index contributed by atoms with van der Waals surface area (Å²) in [6.07, 6.45) is 2.20. The summed E-state index contributed by atoms with van der Waals surface area (Å²) in [7, 11) is 0. The minimum atomic E-state index is -0.258. The molecule has 3 amide bonds. The number of benzene rings is 1. The summed E-state index contributed by atoms with van der Waals surface area (Å²) in [6.45, 7) is 5.92. The highest BCUT2D eigenvalue weighted by Gasteiger charge is 2.31. The molecule has 1 aromatic heterocycles. The van der Waals surface area contributed by atoms with Gasteiger partial charge >= 0.3 is 5.82 Å². The molecule has 2 aliphatic rings. The van der Waals surface area contributed by atoms with E-state index >= 15 is 0 Å². The fourth-order valence-corrected chi connectivity index (χ4v) is 3.79. The number of anilines is 1. The molecule has 9 heteroatoms. The van der Waals surface area contributed by atoms with Crippen molar-refractivity contribution in [1.29, 1.82) is 0 Å². The van der Waals surface area contributed by atoms with Crippen LogP contribution in [-0.2, 0) is 29.1 Å². The average molecular weight is 409 g/mol. The van der Waals surface area contributed by atoms with Gasteiger partial charge in [-0.25, -0.2) is 0 Å². The number of amides is 3. The zero-order valence-corrected chi connectivity index (χ0v) is 17.1. The molecule has 4 rings (SSSR count). The summed E-state index contributed by atoms with van der Waals surface area (Å²) in [5, 5.41) is 6.23. The van der Waals surface area contributed by atoms with Crippen LogP contribution in [0, 0.1) is 6.92 Å². The largest absolute Gasteiger partial charge is 0.384 e. The van der Waals surface area contributed by atoms with Crippen molar-refractivity contribution in [3.8, 4) is 0 Å². The summed E-state index contributed by atoms with van der Waals surface area (Å²) in [5.74, 6) is 0.334. The van der Waals surface area contributed by atoms with Crippen LogP contribution < -0.4 is 20.7 Å². The molecular weight excluding hydrogens is 384 g/mol. The van der Waals surface area contributed by atoms with E-state index in [0.29, 0.717) is 49.7 Å². The second-order valence-corrected chi connectivity index (χ2v) is 7.48. The fourth-order valence-electron chi connectivity index (χ4n) is 3.79. The third-order valence-corrected chi connectivity index (χ3v) is 5.50. The molecule has 2 aliphatic heterocycles. The SMILES string of the molecule is CCN1Cc2cc(CNC(=O)c3cnc4[n+](c3C)NC(=O)C4)ccc2NCCC1=O. The number of carbonyl (C=O) groups is 3. The highest BCUT2D eigenvalue weighted by atomic mass is 16.2. The van der Waals surface area contributed by atoms with Crippen LogP contribution in [0.15, 0.2) is 24.4 Å². The normalized spacial score (nSPS) is 15.5. The van der Waals surface area contributed by atoms with E-state index in [1.807, 2.05) is 30.0 Å². The lowest BCUT2D eigenvalue weighted by Crippen LogP contribution is -2.49. The van der Waals surface area contributed by atoms with Crippen molar-refractivity contribution in [1.82, 2.24) is 15.2 Å². The van der Waals surface area contributed by atoms with Crippen LogP contribution in [0.1, 0.15) is 46.3 Å². The first-order valence-corrected chi connectivity index (χ1v) is 10.1. The molecule has 1 aromatic carbocycles. The summed E-state index contributed by atoms with van der Waals surface area (Å²) >= 11 is 0. The highest BCUT2D eigenvalue weighted by Crippen LogP contribution is 2.22. The second kappa shape index (κ2) is 8.10. The average Bonchev–Trinajstić information content (AvgIpc) is 3.11. The molecule has 0 bridgehead atoms. The number of rotatable bonds is 4. The minimum absolute atomic E-state index is 0.138. The topological polar surface area (TPSA) is 107 Å². The number of carbonyl (C=O) groups excluding carboxylic acids is 3. The molecule has 0 aliphatic carbocycles. The first kappa shape index (κ1) is 19.8. The van der Waals surface area contributed by atoms with Gasteiger partial charge in [-0.3, -0.25) is 14.4 Å². The van der Waals surface area contributed by atoms with E-state index in [9.17, 15) is 14.4 Å². The predicted octanol–water partition coefficient (Wildman–Crippen LogP) is 0.398. The standard InChI is InChI=1S/C21H24N6O3/c1-3-26-12-15-8-14(4-5-17(15)22-7-6-20(26)29)10-24-21(30)16-11-23-18-9-19(28)25-27(18)13(16)2/h4-5,8,11,22H,3,6-7,9-10,12H2,1-2H3,(H-,24,25,28,30)/p+1. The van der Waals surface area contributed by atoms with Gasteiger partial charge in [-0.2, -0.15) is 5.43 Å². The van der Waals surface area contributed by atoms with E-state index < -0.39 is 0 Å². The van der Waals surface area contributed by atoms with Gasteiger partial charge in [0.1, 0.15) is 17.7 Å². The van der Waals surface area contributed by atoms with E-state index in [0.717, 1.165) is 16.8 Å². The first-order valence-electron chi connectivity index (χ1n) is 10.1. The zero-order chi connectivity index (χ0) is 21.3. The molecule has 3 heterocycles. The van der Waals surface area contributed by atoms with Crippen molar-refractivity contribution >= 4 is 23.4 Å². The lowest BCUT2D eigenvalue weighted by Gasteiger charge is -2.26. The molecule has 0 radical (unpaired) electrons. The molecule has 2 aromatic rings. The maximum Gasteiger partial charge on any atom is 0.331 e. The van der Waals surface area contributed by atoms with Crippen molar-refractivity contribution in [3.05, 3.63) is 52.6 Å². The molecule has 156 valence electrons. The molecule has 0 saturated heterocycles. The Kier molecular flexibility index (Phi) is 5.35. The van der Waals surface area contributed by atoms with Crippen LogP contribution in [0.3, 0.4) is 0 Å². The summed E-state index contributed by atoms with van der Waals surface area (Å²) in [5.41, 5.74) is 6.74. The molecule has 3 N–H and O–H groups in total. The Bertz CT molecular complexity index is 1040. The maximum atomic E-state index is 12.7. The van der Waals surface area contributed by atoms with E-state index in [-0.39, 0.29) is 24.1 Å². The smallest absolute Gasteiger partial charge is 0.331 e. The number of fused-ring (bicyclic) bond motifs is 2. The van der Waals surface area contributed by atoms with E-state index in [2.05, 4.69) is 21.0 Å². The van der Waals surface area contributed by atoms with Crippen LogP contribution >= 0.6 is 0 Å². The molecular formula is C21H25N6O3+. The number of nitrogens with one attached hydrogen (secondary N) is 3. The Morgan fingerprint density at radius 3 is 2.97 bits per heavy atom. The summed E-state index contributed by atoms with van der Waals surface area (Å²) < 4.78 is 1.56. The second-order valence-electron chi connectivity index (χ2n) is 7.48.